The zero-order valence-corrected chi connectivity index (χ0v) is 12.7. The predicted molar refractivity (Wildman–Crippen MR) is 83.4 cm³/mol. The first-order valence-electron chi connectivity index (χ1n) is 7.14. The van der Waals surface area contributed by atoms with Crippen molar-refractivity contribution in [3.05, 3.63) is 54.2 Å². The van der Waals surface area contributed by atoms with Crippen LogP contribution < -0.4 is 0 Å². The third-order valence-corrected chi connectivity index (χ3v) is 3.22. The van der Waals surface area contributed by atoms with E-state index in [2.05, 4.69) is 20.1 Å². The van der Waals surface area contributed by atoms with Gasteiger partial charge in [0.05, 0.1) is 11.4 Å². The molecule has 3 aromatic heterocycles. The molecular formula is C16H15N5O2. The van der Waals surface area contributed by atoms with Crippen molar-refractivity contribution < 1.29 is 9.90 Å². The molecule has 0 atom stereocenters. The van der Waals surface area contributed by atoms with Gasteiger partial charge in [0.1, 0.15) is 5.82 Å². The average Bonchev–Trinajstić information content (AvgIpc) is 3.05. The number of carboxylic acid groups (broad SMARTS) is 1. The van der Waals surface area contributed by atoms with Crippen LogP contribution in [0.3, 0.4) is 0 Å². The molecule has 3 aromatic rings. The molecule has 0 aliphatic heterocycles. The van der Waals surface area contributed by atoms with Gasteiger partial charge in [-0.05, 0) is 18.2 Å². The van der Waals surface area contributed by atoms with Gasteiger partial charge in [-0.2, -0.15) is 5.10 Å². The van der Waals surface area contributed by atoms with Gasteiger partial charge in [-0.1, -0.05) is 19.9 Å². The molecule has 0 fully saturated rings. The molecule has 1 N–H and O–H groups in total. The van der Waals surface area contributed by atoms with Crippen LogP contribution in [0.4, 0.5) is 0 Å². The van der Waals surface area contributed by atoms with E-state index in [1.807, 2.05) is 32.0 Å². The second-order valence-corrected chi connectivity index (χ2v) is 5.29. The van der Waals surface area contributed by atoms with E-state index in [1.165, 1.54) is 10.7 Å². The number of hydrogen-bond acceptors (Lipinski definition) is 5. The molecule has 0 bridgehead atoms. The minimum atomic E-state index is -1.08. The average molecular weight is 309 g/mol. The third kappa shape index (κ3) is 3.08. The highest BCUT2D eigenvalue weighted by Crippen LogP contribution is 2.20. The van der Waals surface area contributed by atoms with Crippen LogP contribution in [-0.4, -0.2) is 35.8 Å². The highest BCUT2D eigenvalue weighted by Gasteiger charge is 2.14. The summed E-state index contributed by atoms with van der Waals surface area (Å²) < 4.78 is 1.43. The van der Waals surface area contributed by atoms with Gasteiger partial charge >= 0.3 is 5.97 Å². The summed E-state index contributed by atoms with van der Waals surface area (Å²) in [5.74, 6) is 0.200. The number of carboxylic acids is 1. The lowest BCUT2D eigenvalue weighted by Crippen LogP contribution is -2.07. The first-order valence-corrected chi connectivity index (χ1v) is 7.14. The van der Waals surface area contributed by atoms with Gasteiger partial charge in [0, 0.05) is 24.4 Å². The van der Waals surface area contributed by atoms with E-state index < -0.39 is 5.97 Å². The number of rotatable bonds is 4. The summed E-state index contributed by atoms with van der Waals surface area (Å²) in [6.07, 6.45) is 3.26. The lowest BCUT2D eigenvalue weighted by Gasteiger charge is -2.10. The molecule has 0 saturated heterocycles. The van der Waals surface area contributed by atoms with Crippen LogP contribution >= 0.6 is 0 Å². The quantitative estimate of drug-likeness (QED) is 0.796. The van der Waals surface area contributed by atoms with Crippen LogP contribution in [0.25, 0.3) is 17.2 Å². The Morgan fingerprint density at radius 2 is 2.00 bits per heavy atom. The van der Waals surface area contributed by atoms with E-state index >= 15 is 0 Å². The first kappa shape index (κ1) is 14.8. The Hall–Kier alpha value is -3.09. The van der Waals surface area contributed by atoms with Crippen LogP contribution in [0.15, 0.2) is 42.7 Å². The fourth-order valence-corrected chi connectivity index (χ4v) is 2.04. The summed E-state index contributed by atoms with van der Waals surface area (Å²) in [5, 5.41) is 13.0. The van der Waals surface area contributed by atoms with Crippen LogP contribution in [-0.2, 0) is 0 Å². The number of aromatic carboxylic acids is 1. The lowest BCUT2D eigenvalue weighted by molar-refractivity contribution is 0.0690. The molecule has 0 aliphatic rings. The minimum absolute atomic E-state index is 0.0332. The molecule has 0 aliphatic carbocycles. The second kappa shape index (κ2) is 5.96. The Morgan fingerprint density at radius 1 is 1.17 bits per heavy atom. The number of aromatic nitrogens is 5. The van der Waals surface area contributed by atoms with Gasteiger partial charge in [-0.25, -0.2) is 19.4 Å². The molecule has 23 heavy (non-hydrogen) atoms. The monoisotopic (exact) mass is 309 g/mol. The zero-order valence-electron chi connectivity index (χ0n) is 12.7. The van der Waals surface area contributed by atoms with Crippen LogP contribution in [0.1, 0.15) is 36.1 Å². The maximum Gasteiger partial charge on any atom is 0.356 e. The van der Waals surface area contributed by atoms with E-state index in [-0.39, 0.29) is 11.6 Å². The number of nitrogens with zero attached hydrogens (tertiary/aromatic N) is 5. The van der Waals surface area contributed by atoms with Gasteiger partial charge < -0.3 is 5.11 Å². The van der Waals surface area contributed by atoms with Crippen molar-refractivity contribution in [3.8, 4) is 17.2 Å². The third-order valence-electron chi connectivity index (χ3n) is 3.22. The summed E-state index contributed by atoms with van der Waals surface area (Å²) >= 11 is 0. The molecule has 0 unspecified atom stereocenters. The molecule has 7 heteroatoms. The van der Waals surface area contributed by atoms with Gasteiger partial charge in [0.25, 0.3) is 0 Å². The van der Waals surface area contributed by atoms with Crippen LogP contribution in [0, 0.1) is 0 Å². The standard InChI is InChI=1S/C16H15N5O2/c1-10(2)15-18-13(11-5-3-4-7-17-11)9-14(19-15)21-8-6-12(20-21)16(22)23/h3-10H,1-2H3,(H,22,23). The van der Waals surface area contributed by atoms with E-state index in [1.54, 1.807) is 18.5 Å². The van der Waals surface area contributed by atoms with Crippen molar-refractivity contribution in [1.82, 2.24) is 24.7 Å². The van der Waals surface area contributed by atoms with E-state index in [4.69, 9.17) is 5.11 Å². The first-order chi connectivity index (χ1) is 11.0. The Bertz CT molecular complexity index is 843. The molecule has 116 valence electrons. The van der Waals surface area contributed by atoms with Gasteiger partial charge in [0.15, 0.2) is 11.5 Å². The van der Waals surface area contributed by atoms with Crippen LogP contribution in [0.5, 0.6) is 0 Å². The Morgan fingerprint density at radius 3 is 2.61 bits per heavy atom. The smallest absolute Gasteiger partial charge is 0.356 e. The van der Waals surface area contributed by atoms with Crippen molar-refractivity contribution in [2.75, 3.05) is 0 Å². The van der Waals surface area contributed by atoms with Crippen LogP contribution in [0.2, 0.25) is 0 Å². The molecule has 3 rings (SSSR count). The Labute approximate surface area is 132 Å². The SMILES string of the molecule is CC(C)c1nc(-c2ccccn2)cc(-n2ccc(C(=O)O)n2)n1. The fourth-order valence-electron chi connectivity index (χ4n) is 2.04. The van der Waals surface area contributed by atoms with E-state index in [0.29, 0.717) is 17.3 Å². The fraction of sp³-hybridized carbons (Fsp3) is 0.188. The molecule has 0 spiro atoms. The normalized spacial score (nSPS) is 10.9. The Kier molecular flexibility index (Phi) is 3.84. The Balaban J connectivity index is 2.12. The molecule has 0 amide bonds. The zero-order chi connectivity index (χ0) is 16.4. The largest absolute Gasteiger partial charge is 0.476 e. The van der Waals surface area contributed by atoms with Crippen molar-refractivity contribution >= 4 is 5.97 Å². The van der Waals surface area contributed by atoms with E-state index in [9.17, 15) is 4.79 Å². The number of carbonyl (C=O) groups is 1. The summed E-state index contributed by atoms with van der Waals surface area (Å²) in [6.45, 7) is 3.99. The maximum absolute atomic E-state index is 11.0. The summed E-state index contributed by atoms with van der Waals surface area (Å²) in [7, 11) is 0. The van der Waals surface area contributed by atoms with E-state index in [0.717, 1.165) is 5.69 Å². The molecule has 0 saturated carbocycles. The number of pyridine rings is 1. The molecule has 7 nitrogen and oxygen atoms in total. The molecule has 0 radical (unpaired) electrons. The van der Waals surface area contributed by atoms with Gasteiger partial charge in [-0.15, -0.1) is 0 Å². The van der Waals surface area contributed by atoms with Crippen molar-refractivity contribution in [2.24, 2.45) is 0 Å². The number of hydrogen-bond donors (Lipinski definition) is 1. The lowest BCUT2D eigenvalue weighted by atomic mass is 10.2. The topological polar surface area (TPSA) is 93.8 Å². The second-order valence-electron chi connectivity index (χ2n) is 5.29. The maximum atomic E-state index is 11.0. The highest BCUT2D eigenvalue weighted by molar-refractivity contribution is 5.85. The van der Waals surface area contributed by atoms with Crippen molar-refractivity contribution in [2.45, 2.75) is 19.8 Å². The summed E-state index contributed by atoms with van der Waals surface area (Å²) in [6, 6.07) is 8.76. The minimum Gasteiger partial charge on any atom is -0.476 e. The molecular weight excluding hydrogens is 294 g/mol. The van der Waals surface area contributed by atoms with Crippen molar-refractivity contribution in [3.63, 3.8) is 0 Å². The van der Waals surface area contributed by atoms with Crippen molar-refractivity contribution in [1.29, 1.82) is 0 Å². The molecule has 0 aromatic carbocycles. The summed E-state index contributed by atoms with van der Waals surface area (Å²) in [4.78, 5) is 24.3. The summed E-state index contributed by atoms with van der Waals surface area (Å²) in [5.41, 5.74) is 1.37. The highest BCUT2D eigenvalue weighted by atomic mass is 16.4. The molecule has 3 heterocycles. The predicted octanol–water partition coefficient (Wildman–Crippen LogP) is 2.55. The van der Waals surface area contributed by atoms with Gasteiger partial charge in [0.2, 0.25) is 0 Å². The van der Waals surface area contributed by atoms with Gasteiger partial charge in [-0.3, -0.25) is 4.98 Å².